The summed E-state index contributed by atoms with van der Waals surface area (Å²) < 4.78 is 20.0. The van der Waals surface area contributed by atoms with Gasteiger partial charge in [0.15, 0.2) is 9.84 Å². The zero-order valence-electron chi connectivity index (χ0n) is 5.51. The maximum absolute atomic E-state index is 10.8. The Balaban J connectivity index is 4.76. The lowest BCUT2D eigenvalue weighted by Gasteiger charge is -2.20. The Labute approximate surface area is 78.8 Å². The molecule has 0 bridgehead atoms. The highest BCUT2D eigenvalue weighted by molar-refractivity contribution is 14.1. The van der Waals surface area contributed by atoms with Crippen LogP contribution in [0.25, 0.3) is 0 Å². The summed E-state index contributed by atoms with van der Waals surface area (Å²) in [6.07, 6.45) is -0.0936. The Morgan fingerprint density at radius 3 is 2.00 bits per heavy atom. The predicted molar refractivity (Wildman–Crippen MR) is 49.1 cm³/mol. The molecule has 1 N–H and O–H groups in total. The molecule has 0 rings (SSSR count). The average Bonchev–Trinajstić information content (AvgIpc) is 1.62. The van der Waals surface area contributed by atoms with Crippen molar-refractivity contribution in [1.82, 2.24) is 0 Å². The fourth-order valence-corrected chi connectivity index (χ4v) is 0.929. The average molecular weight is 299 g/mol. The molecule has 3 nitrogen and oxygen atoms in total. The molecule has 2 atom stereocenters. The summed E-state index contributed by atoms with van der Waals surface area (Å²) in [4.78, 5) is 0. The maximum Gasteiger partial charge on any atom is 0.220 e. The van der Waals surface area contributed by atoms with Gasteiger partial charge in [0.2, 0.25) is 2.21 Å². The smallest absolute Gasteiger partial charge is 0.220 e. The van der Waals surface area contributed by atoms with Gasteiger partial charge in [0.05, 0.1) is 6.10 Å². The number of sulfone groups is 1. The third-order valence-corrected chi connectivity index (χ3v) is 6.77. The number of halogens is 2. The second-order valence-electron chi connectivity index (χ2n) is 2.01. The molecule has 0 heterocycles. The van der Waals surface area contributed by atoms with Crippen molar-refractivity contribution < 1.29 is 13.5 Å². The molecule has 0 aliphatic carbocycles. The molecule has 0 aromatic rings. The van der Waals surface area contributed by atoms with E-state index >= 15 is 0 Å². The molecule has 0 aliphatic rings. The second kappa shape index (κ2) is 3.12. The molecule has 0 saturated carbocycles. The van der Waals surface area contributed by atoms with Crippen molar-refractivity contribution in [3.8, 4) is 0 Å². The first kappa shape index (κ1) is 10.9. The Bertz CT molecular complexity index is 209. The van der Waals surface area contributed by atoms with Gasteiger partial charge in [0.25, 0.3) is 0 Å². The second-order valence-corrected chi connectivity index (χ2v) is 8.09. The van der Waals surface area contributed by atoms with E-state index in [1.54, 1.807) is 0 Å². The molecule has 10 heavy (non-hydrogen) atoms. The van der Waals surface area contributed by atoms with Gasteiger partial charge in [-0.15, -0.1) is 0 Å². The molecular weight excluding hydrogens is 290 g/mol. The predicted octanol–water partition coefficient (Wildman–Crippen LogP) is 0.739. The molecule has 6 heteroatoms. The molecule has 0 unspecified atom stereocenters. The molecular formula is C4H8ClIO3S. The van der Waals surface area contributed by atoms with Gasteiger partial charge in [0.1, 0.15) is 0 Å². The molecule has 0 amide bonds. The van der Waals surface area contributed by atoms with Crippen LogP contribution in [0.5, 0.6) is 0 Å². The first-order valence-electron chi connectivity index (χ1n) is 2.45. The zero-order chi connectivity index (χ0) is 8.58. The monoisotopic (exact) mass is 298 g/mol. The van der Waals surface area contributed by atoms with Crippen molar-refractivity contribution in [3.05, 3.63) is 0 Å². The molecule has 0 saturated heterocycles. The van der Waals surface area contributed by atoms with Gasteiger partial charge in [-0.2, -0.15) is 0 Å². The van der Waals surface area contributed by atoms with Crippen molar-refractivity contribution in [2.45, 2.75) is 15.2 Å². The van der Waals surface area contributed by atoms with E-state index in [-0.39, 0.29) is 0 Å². The number of hydrogen-bond acceptors (Lipinski definition) is 3. The van der Waals surface area contributed by atoms with E-state index in [9.17, 15) is 8.42 Å². The highest BCUT2D eigenvalue weighted by atomic mass is 127. The Kier molecular flexibility index (Phi) is 3.41. The maximum atomic E-state index is 10.8. The summed E-state index contributed by atoms with van der Waals surface area (Å²) in [5.74, 6) is 0. The third-order valence-electron chi connectivity index (χ3n) is 0.981. The highest BCUT2D eigenvalue weighted by Gasteiger charge is 2.40. The van der Waals surface area contributed by atoms with Crippen molar-refractivity contribution in [2.24, 2.45) is 0 Å². The minimum Gasteiger partial charge on any atom is -0.390 e. The summed E-state index contributed by atoms with van der Waals surface area (Å²) in [5, 5.41) is 8.90. The number of aliphatic hydroxyl groups excluding tert-OH is 1. The van der Waals surface area contributed by atoms with Crippen LogP contribution in [0.2, 0.25) is 0 Å². The van der Waals surface area contributed by atoms with Gasteiger partial charge in [-0.25, -0.2) is 8.42 Å². The fourth-order valence-electron chi connectivity index (χ4n) is 0.310. The molecule has 0 fully saturated rings. The standard InChI is InChI=1S/C4H8ClIO3S/c1-3(7)4(5,6)10(2,8)9/h3,7H,1-2H3/t3-,4-/m0/s1. The molecule has 0 aromatic carbocycles. The quantitative estimate of drug-likeness (QED) is 0.604. The normalized spacial score (nSPS) is 21.7. The Morgan fingerprint density at radius 1 is 1.70 bits per heavy atom. The van der Waals surface area contributed by atoms with E-state index < -0.39 is 18.2 Å². The zero-order valence-corrected chi connectivity index (χ0v) is 9.24. The molecule has 0 radical (unpaired) electrons. The molecule has 0 aliphatic heterocycles. The van der Waals surface area contributed by atoms with Gasteiger partial charge in [-0.3, -0.25) is 0 Å². The third kappa shape index (κ3) is 2.21. The first-order valence-corrected chi connectivity index (χ1v) is 5.80. The summed E-state index contributed by atoms with van der Waals surface area (Å²) in [6.45, 7) is 1.33. The van der Waals surface area contributed by atoms with E-state index in [1.807, 2.05) is 0 Å². The summed E-state index contributed by atoms with van der Waals surface area (Å²) in [6, 6.07) is 0. The molecule has 0 aromatic heterocycles. The van der Waals surface area contributed by atoms with Crippen LogP contribution in [0.4, 0.5) is 0 Å². The fraction of sp³-hybridized carbons (Fsp3) is 1.00. The lowest BCUT2D eigenvalue weighted by molar-refractivity contribution is 0.204. The lowest BCUT2D eigenvalue weighted by atomic mass is 10.5. The van der Waals surface area contributed by atoms with Crippen molar-refractivity contribution in [3.63, 3.8) is 0 Å². The topological polar surface area (TPSA) is 54.4 Å². The minimum absolute atomic E-state index is 0.985. The van der Waals surface area contributed by atoms with Gasteiger partial charge in [-0.05, 0) is 29.5 Å². The van der Waals surface area contributed by atoms with Crippen molar-refractivity contribution in [2.75, 3.05) is 6.26 Å². The summed E-state index contributed by atoms with van der Waals surface area (Å²) in [7, 11) is -3.40. The van der Waals surface area contributed by atoms with Crippen molar-refractivity contribution >= 4 is 44.0 Å². The number of rotatable bonds is 2. The van der Waals surface area contributed by atoms with Crippen LogP contribution in [0.15, 0.2) is 0 Å². The number of alkyl halides is 2. The highest BCUT2D eigenvalue weighted by Crippen LogP contribution is 2.33. The SMILES string of the molecule is C[C@H](O)[C@](Cl)(I)S(C)(=O)=O. The van der Waals surface area contributed by atoms with Gasteiger partial charge >= 0.3 is 0 Å². The summed E-state index contributed by atoms with van der Waals surface area (Å²) in [5.41, 5.74) is 0. The van der Waals surface area contributed by atoms with Gasteiger partial charge in [0, 0.05) is 6.26 Å². The van der Waals surface area contributed by atoms with Crippen LogP contribution in [-0.4, -0.2) is 28.1 Å². The van der Waals surface area contributed by atoms with E-state index in [0.29, 0.717) is 0 Å². The van der Waals surface area contributed by atoms with Gasteiger partial charge < -0.3 is 5.11 Å². The van der Waals surface area contributed by atoms with Crippen molar-refractivity contribution in [1.29, 1.82) is 0 Å². The molecule has 0 spiro atoms. The Hall–Kier alpha value is 0.930. The van der Waals surface area contributed by atoms with E-state index in [2.05, 4.69) is 0 Å². The largest absolute Gasteiger partial charge is 0.390 e. The number of aliphatic hydroxyl groups is 1. The molecule has 62 valence electrons. The Morgan fingerprint density at radius 2 is 2.00 bits per heavy atom. The number of hydrogen-bond donors (Lipinski definition) is 1. The van der Waals surface area contributed by atoms with Crippen LogP contribution >= 0.6 is 34.2 Å². The lowest BCUT2D eigenvalue weighted by Crippen LogP contribution is -2.35. The van der Waals surface area contributed by atoms with Crippen LogP contribution in [0, 0.1) is 0 Å². The van der Waals surface area contributed by atoms with E-state index in [1.165, 1.54) is 29.5 Å². The van der Waals surface area contributed by atoms with Crippen LogP contribution < -0.4 is 0 Å². The van der Waals surface area contributed by atoms with Crippen LogP contribution in [0.3, 0.4) is 0 Å². The van der Waals surface area contributed by atoms with Gasteiger partial charge in [-0.1, -0.05) is 11.6 Å². The van der Waals surface area contributed by atoms with E-state index in [4.69, 9.17) is 16.7 Å². The van der Waals surface area contributed by atoms with E-state index in [0.717, 1.165) is 6.26 Å². The minimum atomic E-state index is -3.40. The first-order chi connectivity index (χ1) is 4.19. The van der Waals surface area contributed by atoms with Crippen LogP contribution in [0.1, 0.15) is 6.92 Å². The van der Waals surface area contributed by atoms with Crippen LogP contribution in [-0.2, 0) is 9.84 Å². The summed E-state index contributed by atoms with van der Waals surface area (Å²) >= 11 is 7.00.